The van der Waals surface area contributed by atoms with E-state index in [0.717, 1.165) is 5.56 Å². The number of benzene rings is 1. The van der Waals surface area contributed by atoms with Crippen molar-refractivity contribution in [2.45, 2.75) is 11.8 Å². The van der Waals surface area contributed by atoms with Crippen molar-refractivity contribution < 1.29 is 70.4 Å². The molecule has 7 heteroatoms. The summed E-state index contributed by atoms with van der Waals surface area (Å²) in [5.41, 5.74) is 1.00. The Labute approximate surface area is 136 Å². The Hall–Kier alpha value is 1.42. The molecule has 14 heavy (non-hydrogen) atoms. The maximum atomic E-state index is 11.1. The van der Waals surface area contributed by atoms with Gasteiger partial charge in [-0.2, -0.15) is 0 Å². The van der Waals surface area contributed by atoms with Gasteiger partial charge in [0.15, 0.2) is 0 Å². The molecule has 0 bridgehead atoms. The molecule has 1 aromatic carbocycles. The molecule has 0 aromatic heterocycles. The fourth-order valence-electron chi connectivity index (χ4n) is 0.762. The molecule has 0 fully saturated rings. The number of hydrogen-bond acceptors (Lipinski definition) is 2. The number of nitrogens with one attached hydrogen (secondary N) is 1. The zero-order valence-electron chi connectivity index (χ0n) is 10.4. The first-order valence-corrected chi connectivity index (χ1v) is 5.11. The SMILES string of the molecule is Cc1ccc(S(=O)(=O)NCl)cc1.[H-].[H-].[Na+].[Na+]. The maximum absolute atomic E-state index is 11.1. The molecule has 0 saturated heterocycles. The summed E-state index contributed by atoms with van der Waals surface area (Å²) in [6.07, 6.45) is 0. The van der Waals surface area contributed by atoms with E-state index >= 15 is 0 Å². The van der Waals surface area contributed by atoms with Gasteiger partial charge in [-0.15, -0.1) is 4.24 Å². The average Bonchev–Trinajstić information content (AvgIpc) is 2.05. The molecule has 0 spiro atoms. The number of aryl methyl sites for hydroxylation is 1. The van der Waals surface area contributed by atoms with Gasteiger partial charge < -0.3 is 2.85 Å². The second-order valence-corrected chi connectivity index (χ2v) is 4.49. The van der Waals surface area contributed by atoms with Crippen LogP contribution in [0.4, 0.5) is 0 Å². The maximum Gasteiger partial charge on any atom is 1.00 e. The normalized spacial score (nSPS) is 9.86. The van der Waals surface area contributed by atoms with Gasteiger partial charge in [0, 0.05) is 0 Å². The van der Waals surface area contributed by atoms with E-state index < -0.39 is 10.0 Å². The molecular formula is C7H10ClNNa2O2S. The summed E-state index contributed by atoms with van der Waals surface area (Å²) in [5.74, 6) is 0. The van der Waals surface area contributed by atoms with Gasteiger partial charge in [-0.25, -0.2) is 8.42 Å². The summed E-state index contributed by atoms with van der Waals surface area (Å²) < 4.78 is 23.9. The molecule has 3 nitrogen and oxygen atoms in total. The van der Waals surface area contributed by atoms with Crippen LogP contribution < -0.4 is 63.4 Å². The molecule has 0 heterocycles. The van der Waals surface area contributed by atoms with Gasteiger partial charge in [0.1, 0.15) is 0 Å². The van der Waals surface area contributed by atoms with E-state index in [1.165, 1.54) is 12.1 Å². The molecule has 0 radical (unpaired) electrons. The van der Waals surface area contributed by atoms with E-state index in [0.29, 0.717) is 0 Å². The molecule has 0 aliphatic rings. The summed E-state index contributed by atoms with van der Waals surface area (Å²) in [5, 5.41) is 0. The topological polar surface area (TPSA) is 46.2 Å². The monoisotopic (exact) mass is 253 g/mol. The molecular weight excluding hydrogens is 244 g/mol. The van der Waals surface area contributed by atoms with Crippen molar-refractivity contribution in [1.29, 1.82) is 0 Å². The second-order valence-electron chi connectivity index (χ2n) is 2.39. The zero-order valence-corrected chi connectivity index (χ0v) is 14.0. The number of hydrogen-bond donors (Lipinski definition) is 1. The van der Waals surface area contributed by atoms with Gasteiger partial charge in [-0.1, -0.05) is 17.7 Å². The predicted octanol–water partition coefficient (Wildman–Crippen LogP) is -4.34. The quantitative estimate of drug-likeness (QED) is 0.428. The fourth-order valence-corrected chi connectivity index (χ4v) is 1.61. The van der Waals surface area contributed by atoms with Gasteiger partial charge in [-0.05, 0) is 30.8 Å². The molecule has 0 amide bonds. The fraction of sp³-hybridized carbons (Fsp3) is 0.143. The van der Waals surface area contributed by atoms with E-state index in [2.05, 4.69) is 0 Å². The number of halogens is 1. The van der Waals surface area contributed by atoms with Gasteiger partial charge in [-0.3, -0.25) is 0 Å². The third kappa shape index (κ3) is 4.96. The average molecular weight is 254 g/mol. The number of rotatable bonds is 2. The summed E-state index contributed by atoms with van der Waals surface area (Å²) in [4.78, 5) is 0.170. The van der Waals surface area contributed by atoms with Crippen LogP contribution in [-0.2, 0) is 10.0 Å². The first-order valence-electron chi connectivity index (χ1n) is 3.25. The van der Waals surface area contributed by atoms with Crippen molar-refractivity contribution in [3.05, 3.63) is 29.8 Å². The first-order chi connectivity index (χ1) is 5.56. The van der Waals surface area contributed by atoms with E-state index in [1.807, 2.05) is 6.92 Å². The Bertz CT molecular complexity index is 374. The van der Waals surface area contributed by atoms with Crippen molar-refractivity contribution >= 4 is 21.8 Å². The van der Waals surface area contributed by atoms with Crippen LogP contribution in [0.1, 0.15) is 8.42 Å². The summed E-state index contributed by atoms with van der Waals surface area (Å²) in [7, 11) is -3.50. The molecule has 0 aliphatic carbocycles. The van der Waals surface area contributed by atoms with Crippen LogP contribution in [0.5, 0.6) is 0 Å². The van der Waals surface area contributed by atoms with Crippen molar-refractivity contribution in [3.63, 3.8) is 0 Å². The van der Waals surface area contributed by atoms with Gasteiger partial charge in [0.25, 0.3) is 10.0 Å². The van der Waals surface area contributed by atoms with E-state index in [1.54, 1.807) is 16.4 Å². The van der Waals surface area contributed by atoms with Crippen LogP contribution in [0.25, 0.3) is 0 Å². The Kier molecular flexibility index (Phi) is 9.73. The van der Waals surface area contributed by atoms with Gasteiger partial charge in [0.05, 0.1) is 4.90 Å². The minimum atomic E-state index is -3.50. The third-order valence-electron chi connectivity index (χ3n) is 1.43. The molecule has 1 aromatic rings. The molecule has 70 valence electrons. The Balaban J connectivity index is -0.000000180. The van der Waals surface area contributed by atoms with Crippen LogP contribution >= 0.6 is 11.8 Å². The Morgan fingerprint density at radius 3 is 2.00 bits per heavy atom. The molecule has 0 atom stereocenters. The van der Waals surface area contributed by atoms with Crippen LogP contribution in [0.3, 0.4) is 0 Å². The Morgan fingerprint density at radius 1 is 1.21 bits per heavy atom. The van der Waals surface area contributed by atoms with Crippen molar-refractivity contribution in [1.82, 2.24) is 4.24 Å². The van der Waals surface area contributed by atoms with Crippen molar-refractivity contribution in [2.24, 2.45) is 0 Å². The largest absolute Gasteiger partial charge is 1.00 e. The summed E-state index contributed by atoms with van der Waals surface area (Å²) in [6, 6.07) is 6.42. The standard InChI is InChI=1S/C7H8ClNO2S.2Na.2H/c1-6-2-4-7(5-3-6)12(10,11)9-8;;;;/h2-5,9H,1H3;;;;/q;2*+1;2*-1. The molecule has 1 rings (SSSR count). The molecule has 1 N–H and O–H groups in total. The van der Waals surface area contributed by atoms with E-state index in [9.17, 15) is 8.42 Å². The molecule has 0 saturated carbocycles. The summed E-state index contributed by atoms with van der Waals surface area (Å²) >= 11 is 5.03. The van der Waals surface area contributed by atoms with Crippen LogP contribution in [-0.4, -0.2) is 8.42 Å². The smallest absolute Gasteiger partial charge is 1.00 e. The first kappa shape index (κ1) is 17.8. The third-order valence-corrected chi connectivity index (χ3v) is 3.14. The number of sulfonamides is 1. The predicted molar refractivity (Wildman–Crippen MR) is 49.6 cm³/mol. The van der Waals surface area contributed by atoms with Crippen molar-refractivity contribution in [3.8, 4) is 0 Å². The van der Waals surface area contributed by atoms with Gasteiger partial charge in [0.2, 0.25) is 0 Å². The van der Waals surface area contributed by atoms with Gasteiger partial charge >= 0.3 is 59.1 Å². The van der Waals surface area contributed by atoms with Crippen LogP contribution in [0, 0.1) is 6.92 Å². The molecule has 0 aliphatic heterocycles. The second kappa shape index (κ2) is 7.65. The minimum absolute atomic E-state index is 0. The van der Waals surface area contributed by atoms with Crippen LogP contribution in [0.15, 0.2) is 29.2 Å². The van der Waals surface area contributed by atoms with E-state index in [-0.39, 0.29) is 66.9 Å². The Morgan fingerprint density at radius 2 is 1.64 bits per heavy atom. The molecule has 0 unspecified atom stereocenters. The minimum Gasteiger partial charge on any atom is -1.00 e. The van der Waals surface area contributed by atoms with Crippen LogP contribution in [0.2, 0.25) is 0 Å². The van der Waals surface area contributed by atoms with Crippen molar-refractivity contribution in [2.75, 3.05) is 0 Å². The zero-order chi connectivity index (χ0) is 9.19. The van der Waals surface area contributed by atoms with E-state index in [4.69, 9.17) is 11.8 Å². The summed E-state index contributed by atoms with van der Waals surface area (Å²) in [6.45, 7) is 1.88.